The third-order valence-corrected chi connectivity index (χ3v) is 5.59. The summed E-state index contributed by atoms with van der Waals surface area (Å²) in [5, 5.41) is 11.0. The predicted molar refractivity (Wildman–Crippen MR) is 125 cm³/mol. The maximum Gasteiger partial charge on any atom is 0.351 e. The molecule has 0 fully saturated rings. The smallest absolute Gasteiger partial charge is 0.351 e. The number of aliphatic carboxylic acids is 1. The lowest BCUT2D eigenvalue weighted by Crippen LogP contribution is -2.26. The molecule has 0 saturated carbocycles. The topological polar surface area (TPSA) is 92.2 Å². The molecular formula is C26H31N3O3. The van der Waals surface area contributed by atoms with Crippen LogP contribution < -0.4 is 5.32 Å². The van der Waals surface area contributed by atoms with Crippen molar-refractivity contribution in [2.45, 2.75) is 53.4 Å². The summed E-state index contributed by atoms with van der Waals surface area (Å²) < 4.78 is 0. The fourth-order valence-electron chi connectivity index (χ4n) is 4.58. The van der Waals surface area contributed by atoms with E-state index in [4.69, 9.17) is 5.11 Å². The molecular weight excluding hydrogens is 402 g/mol. The van der Waals surface area contributed by atoms with Crippen molar-refractivity contribution in [3.05, 3.63) is 66.1 Å². The lowest BCUT2D eigenvalue weighted by Gasteiger charge is -2.39. The summed E-state index contributed by atoms with van der Waals surface area (Å²) in [5.41, 5.74) is 4.34. The molecule has 0 atom stereocenters. The van der Waals surface area contributed by atoms with E-state index in [0.717, 1.165) is 29.5 Å². The standard InChI is InChI=1S/C26H31N3O3/c1-17(24(31)32)29-22(30)11-8-18-6-9-19(10-7-18)23-27-14-21(15-28-23)20-12-25(2,3)16-26(4,5)13-20/h6-7,9-10,12,14-15H,1,8,11,13,16H2,2-5H3,(H,29,30)(H,31,32). The second kappa shape index (κ2) is 9.07. The number of carboxylic acids is 1. The van der Waals surface area contributed by atoms with Crippen LogP contribution in [0.5, 0.6) is 0 Å². The van der Waals surface area contributed by atoms with E-state index >= 15 is 0 Å². The summed E-state index contributed by atoms with van der Waals surface area (Å²) in [4.78, 5) is 31.7. The van der Waals surface area contributed by atoms with Gasteiger partial charge < -0.3 is 10.4 Å². The van der Waals surface area contributed by atoms with Crippen LogP contribution in [0.1, 0.15) is 58.1 Å². The zero-order chi connectivity index (χ0) is 23.5. The number of aryl methyl sites for hydroxylation is 1. The molecule has 1 amide bonds. The Morgan fingerprint density at radius 3 is 2.25 bits per heavy atom. The number of nitrogens with one attached hydrogen (secondary N) is 1. The third-order valence-electron chi connectivity index (χ3n) is 5.59. The number of aromatic nitrogens is 2. The molecule has 1 aromatic carbocycles. The van der Waals surface area contributed by atoms with E-state index in [1.165, 1.54) is 5.57 Å². The molecule has 168 valence electrons. The van der Waals surface area contributed by atoms with Gasteiger partial charge in [0.1, 0.15) is 5.70 Å². The van der Waals surface area contributed by atoms with E-state index in [1.807, 2.05) is 36.7 Å². The van der Waals surface area contributed by atoms with E-state index < -0.39 is 5.97 Å². The summed E-state index contributed by atoms with van der Waals surface area (Å²) in [7, 11) is 0. The van der Waals surface area contributed by atoms with Crippen molar-refractivity contribution >= 4 is 17.4 Å². The Morgan fingerprint density at radius 1 is 1.06 bits per heavy atom. The molecule has 0 bridgehead atoms. The van der Waals surface area contributed by atoms with Gasteiger partial charge in [-0.2, -0.15) is 0 Å². The van der Waals surface area contributed by atoms with Gasteiger partial charge in [-0.05, 0) is 41.2 Å². The first-order valence-electron chi connectivity index (χ1n) is 10.8. The molecule has 1 heterocycles. The van der Waals surface area contributed by atoms with Crippen molar-refractivity contribution in [2.24, 2.45) is 10.8 Å². The molecule has 32 heavy (non-hydrogen) atoms. The quantitative estimate of drug-likeness (QED) is 0.598. The van der Waals surface area contributed by atoms with Crippen molar-refractivity contribution < 1.29 is 14.7 Å². The fraction of sp³-hybridized carbons (Fsp3) is 0.385. The van der Waals surface area contributed by atoms with Crippen molar-refractivity contribution in [1.29, 1.82) is 0 Å². The summed E-state index contributed by atoms with van der Waals surface area (Å²) in [6, 6.07) is 7.73. The molecule has 2 aromatic rings. The van der Waals surface area contributed by atoms with Crippen molar-refractivity contribution in [2.75, 3.05) is 0 Å². The predicted octanol–water partition coefficient (Wildman–Crippen LogP) is 5.02. The maximum atomic E-state index is 11.8. The minimum atomic E-state index is -1.24. The highest BCUT2D eigenvalue weighted by Crippen LogP contribution is 2.47. The Kier molecular flexibility index (Phi) is 6.63. The van der Waals surface area contributed by atoms with E-state index in [9.17, 15) is 9.59 Å². The van der Waals surface area contributed by atoms with Crippen molar-refractivity contribution in [3.8, 4) is 11.4 Å². The molecule has 1 aromatic heterocycles. The molecule has 0 aliphatic heterocycles. The van der Waals surface area contributed by atoms with Crippen LogP contribution in [0.2, 0.25) is 0 Å². The van der Waals surface area contributed by atoms with Crippen molar-refractivity contribution in [1.82, 2.24) is 15.3 Å². The van der Waals surface area contributed by atoms with Gasteiger partial charge in [-0.1, -0.05) is 64.6 Å². The van der Waals surface area contributed by atoms with Gasteiger partial charge in [0.15, 0.2) is 5.82 Å². The lowest BCUT2D eigenvalue weighted by molar-refractivity contribution is -0.134. The number of rotatable bonds is 7. The highest BCUT2D eigenvalue weighted by Gasteiger charge is 2.33. The maximum absolute atomic E-state index is 11.8. The zero-order valence-corrected chi connectivity index (χ0v) is 19.2. The van der Waals surface area contributed by atoms with Crippen LogP contribution in [-0.2, 0) is 16.0 Å². The Hall–Kier alpha value is -3.28. The average molecular weight is 434 g/mol. The summed E-state index contributed by atoms with van der Waals surface area (Å²) in [6.45, 7) is 12.5. The van der Waals surface area contributed by atoms with Crippen LogP contribution in [0, 0.1) is 10.8 Å². The summed E-state index contributed by atoms with van der Waals surface area (Å²) in [5.74, 6) is -0.949. The molecule has 6 nitrogen and oxygen atoms in total. The molecule has 1 aliphatic carbocycles. The van der Waals surface area contributed by atoms with E-state index in [2.05, 4.69) is 55.6 Å². The van der Waals surface area contributed by atoms with Crippen LogP contribution >= 0.6 is 0 Å². The number of hydrogen-bond acceptors (Lipinski definition) is 4. The number of benzene rings is 1. The first-order chi connectivity index (χ1) is 14.9. The summed E-state index contributed by atoms with van der Waals surface area (Å²) in [6.07, 6.45) is 9.01. The van der Waals surface area contributed by atoms with Gasteiger partial charge in [-0.25, -0.2) is 14.8 Å². The van der Waals surface area contributed by atoms with Gasteiger partial charge in [0, 0.05) is 29.9 Å². The van der Waals surface area contributed by atoms with Gasteiger partial charge in [-0.3, -0.25) is 4.79 Å². The Morgan fingerprint density at radius 2 is 1.69 bits per heavy atom. The highest BCUT2D eigenvalue weighted by atomic mass is 16.4. The fourth-order valence-corrected chi connectivity index (χ4v) is 4.58. The second-order valence-corrected chi connectivity index (χ2v) is 10.0. The molecule has 0 radical (unpaired) electrons. The van der Waals surface area contributed by atoms with E-state index in [-0.39, 0.29) is 28.9 Å². The molecule has 2 N–H and O–H groups in total. The van der Waals surface area contributed by atoms with Gasteiger partial charge >= 0.3 is 5.97 Å². The number of carbonyl (C=O) groups is 2. The van der Waals surface area contributed by atoms with E-state index in [1.54, 1.807) is 0 Å². The molecule has 6 heteroatoms. The molecule has 1 aliphatic rings. The Labute approximate surface area is 189 Å². The van der Waals surface area contributed by atoms with Crippen LogP contribution in [0.25, 0.3) is 17.0 Å². The molecule has 0 saturated heterocycles. The minimum absolute atomic E-state index is 0.156. The zero-order valence-electron chi connectivity index (χ0n) is 19.2. The van der Waals surface area contributed by atoms with Gasteiger partial charge in [0.25, 0.3) is 0 Å². The SMILES string of the molecule is C=C(NC(=O)CCc1ccc(-c2ncc(C3=CC(C)(C)CC(C)(C)C3)cn2)cc1)C(=O)O. The number of hydrogen-bond donors (Lipinski definition) is 2. The van der Waals surface area contributed by atoms with Crippen molar-refractivity contribution in [3.63, 3.8) is 0 Å². The molecule has 3 rings (SSSR count). The Bertz CT molecular complexity index is 1050. The van der Waals surface area contributed by atoms with Gasteiger partial charge in [-0.15, -0.1) is 0 Å². The molecule has 0 unspecified atom stereocenters. The first-order valence-corrected chi connectivity index (χ1v) is 10.8. The van der Waals surface area contributed by atoms with E-state index in [0.29, 0.717) is 12.2 Å². The first kappa shape index (κ1) is 23.4. The average Bonchev–Trinajstić information content (AvgIpc) is 2.70. The normalized spacial score (nSPS) is 16.7. The molecule has 0 spiro atoms. The van der Waals surface area contributed by atoms with Crippen LogP contribution in [0.4, 0.5) is 0 Å². The highest BCUT2D eigenvalue weighted by molar-refractivity contribution is 5.92. The number of carbonyl (C=O) groups excluding carboxylic acids is 1. The number of nitrogens with zero attached hydrogens (tertiary/aromatic N) is 2. The third kappa shape index (κ3) is 6.13. The lowest BCUT2D eigenvalue weighted by atomic mass is 9.66. The monoisotopic (exact) mass is 433 g/mol. The second-order valence-electron chi connectivity index (χ2n) is 10.0. The van der Waals surface area contributed by atoms with Gasteiger partial charge in [0.2, 0.25) is 5.91 Å². The number of amides is 1. The van der Waals surface area contributed by atoms with Gasteiger partial charge in [0.05, 0.1) is 0 Å². The van der Waals surface area contributed by atoms with Crippen LogP contribution in [-0.4, -0.2) is 27.0 Å². The van der Waals surface area contributed by atoms with Crippen LogP contribution in [0.15, 0.2) is 55.0 Å². The largest absolute Gasteiger partial charge is 0.477 e. The minimum Gasteiger partial charge on any atom is -0.477 e. The van der Waals surface area contributed by atoms with Crippen LogP contribution in [0.3, 0.4) is 0 Å². The Balaban J connectivity index is 1.64. The number of carboxylic acid groups (broad SMARTS) is 1. The summed E-state index contributed by atoms with van der Waals surface area (Å²) >= 11 is 0. The number of allylic oxidation sites excluding steroid dienone is 2.